The minimum atomic E-state index is -0.580. The molecule has 2 atom stereocenters. The van der Waals surface area contributed by atoms with E-state index in [1.165, 1.54) is 0 Å². The highest BCUT2D eigenvalue weighted by molar-refractivity contribution is 6.35. The minimum Gasteiger partial charge on any atom is -0.391 e. The summed E-state index contributed by atoms with van der Waals surface area (Å²) in [5.74, 6) is 0.581. The van der Waals surface area contributed by atoms with Gasteiger partial charge in [-0.15, -0.1) is 0 Å². The van der Waals surface area contributed by atoms with Gasteiger partial charge in [0.15, 0.2) is 0 Å². The molecule has 1 aromatic carbocycles. The first-order valence-electron chi connectivity index (χ1n) is 8.93. The number of benzene rings is 1. The van der Waals surface area contributed by atoms with Crippen molar-refractivity contribution in [1.29, 1.82) is 0 Å². The van der Waals surface area contributed by atoms with E-state index >= 15 is 0 Å². The van der Waals surface area contributed by atoms with E-state index in [0.29, 0.717) is 28.4 Å². The van der Waals surface area contributed by atoms with Crippen LogP contribution in [0.5, 0.6) is 0 Å². The first-order chi connectivity index (χ1) is 11.8. The predicted octanol–water partition coefficient (Wildman–Crippen LogP) is 3.53. The number of carbonyl (C=O) groups is 1. The Labute approximate surface area is 159 Å². The summed E-state index contributed by atoms with van der Waals surface area (Å²) in [4.78, 5) is 16.8. The fraction of sp³-hybridized carbons (Fsp3) is 0.632. The Morgan fingerprint density at radius 2 is 2.00 bits per heavy atom. The van der Waals surface area contributed by atoms with Crippen molar-refractivity contribution in [3.63, 3.8) is 0 Å². The number of carbonyl (C=O) groups excluding carboxylic acids is 1. The topological polar surface area (TPSA) is 43.8 Å². The number of hydrogen-bond acceptors (Lipinski definition) is 3. The van der Waals surface area contributed by atoms with E-state index in [9.17, 15) is 9.90 Å². The van der Waals surface area contributed by atoms with Crippen LogP contribution in [0.15, 0.2) is 12.1 Å². The average molecular weight is 385 g/mol. The van der Waals surface area contributed by atoms with Crippen molar-refractivity contribution in [2.75, 3.05) is 20.1 Å². The van der Waals surface area contributed by atoms with Gasteiger partial charge in [0.25, 0.3) is 0 Å². The molecule has 0 bridgehead atoms. The molecule has 3 rings (SSSR count). The summed E-state index contributed by atoms with van der Waals surface area (Å²) >= 11 is 12.4. The Balaban J connectivity index is 1.75. The van der Waals surface area contributed by atoms with Crippen molar-refractivity contribution in [2.24, 2.45) is 5.92 Å². The van der Waals surface area contributed by atoms with Gasteiger partial charge in [-0.1, -0.05) is 37.0 Å². The molecule has 6 heteroatoms. The van der Waals surface area contributed by atoms with Crippen LogP contribution in [-0.2, 0) is 11.2 Å². The number of nitrogens with zero attached hydrogens (tertiary/aromatic N) is 2. The summed E-state index contributed by atoms with van der Waals surface area (Å²) in [7, 11) is 1.89. The van der Waals surface area contributed by atoms with Gasteiger partial charge in [0, 0.05) is 29.1 Å². The number of rotatable bonds is 6. The molecule has 2 aliphatic rings. The van der Waals surface area contributed by atoms with Gasteiger partial charge in [-0.25, -0.2) is 0 Å². The lowest BCUT2D eigenvalue weighted by atomic mass is 10.1. The first kappa shape index (κ1) is 19.0. The van der Waals surface area contributed by atoms with E-state index in [-0.39, 0.29) is 18.5 Å². The number of amides is 1. The van der Waals surface area contributed by atoms with Crippen molar-refractivity contribution in [1.82, 2.24) is 9.80 Å². The van der Waals surface area contributed by atoms with E-state index in [2.05, 4.69) is 13.8 Å². The summed E-state index contributed by atoms with van der Waals surface area (Å²) in [6, 6.07) is 3.71. The SMILES string of the molecule is CC(C)CN(C(=O)CN(C)C1c2cc(Cl)cc(Cl)c2CC1O)C1CC1. The maximum atomic E-state index is 12.8. The minimum absolute atomic E-state index is 0.132. The summed E-state index contributed by atoms with van der Waals surface area (Å²) in [5.41, 5.74) is 1.87. The van der Waals surface area contributed by atoms with Gasteiger partial charge in [0.05, 0.1) is 18.7 Å². The molecular formula is C19H26Cl2N2O2. The lowest BCUT2D eigenvalue weighted by Crippen LogP contribution is -2.44. The van der Waals surface area contributed by atoms with Crippen LogP contribution >= 0.6 is 23.2 Å². The number of likely N-dealkylation sites (N-methyl/N-ethyl adjacent to an activating group) is 1. The molecule has 2 unspecified atom stereocenters. The van der Waals surface area contributed by atoms with Crippen molar-refractivity contribution < 1.29 is 9.90 Å². The highest BCUT2D eigenvalue weighted by Crippen LogP contribution is 2.41. The monoisotopic (exact) mass is 384 g/mol. The largest absolute Gasteiger partial charge is 0.391 e. The van der Waals surface area contributed by atoms with E-state index in [0.717, 1.165) is 30.5 Å². The zero-order chi connectivity index (χ0) is 18.3. The number of halogens is 2. The lowest BCUT2D eigenvalue weighted by molar-refractivity contribution is -0.134. The molecule has 4 nitrogen and oxygen atoms in total. The molecule has 25 heavy (non-hydrogen) atoms. The van der Waals surface area contributed by atoms with E-state index < -0.39 is 6.10 Å². The van der Waals surface area contributed by atoms with Crippen molar-refractivity contribution in [3.8, 4) is 0 Å². The Morgan fingerprint density at radius 1 is 1.32 bits per heavy atom. The summed E-state index contributed by atoms with van der Waals surface area (Å²) < 4.78 is 0. The molecule has 0 aliphatic heterocycles. The third kappa shape index (κ3) is 4.13. The highest BCUT2D eigenvalue weighted by Gasteiger charge is 2.38. The van der Waals surface area contributed by atoms with Crippen LogP contribution in [0.25, 0.3) is 0 Å². The second kappa shape index (κ2) is 7.43. The van der Waals surface area contributed by atoms with Crippen LogP contribution < -0.4 is 0 Å². The molecule has 138 valence electrons. The van der Waals surface area contributed by atoms with Crippen LogP contribution in [0.4, 0.5) is 0 Å². The first-order valence-corrected chi connectivity index (χ1v) is 9.69. The standard InChI is InChI=1S/C19H26Cl2N2O2/c1-11(2)9-23(13-4-5-13)18(25)10-22(3)19-15-6-12(20)7-16(21)14(15)8-17(19)24/h6-7,11,13,17,19,24H,4-5,8-10H2,1-3H3. The van der Waals surface area contributed by atoms with Gasteiger partial charge in [-0.2, -0.15) is 0 Å². The smallest absolute Gasteiger partial charge is 0.237 e. The Bertz CT molecular complexity index is 661. The van der Waals surface area contributed by atoms with Gasteiger partial charge in [0.1, 0.15) is 0 Å². The molecule has 1 fully saturated rings. The van der Waals surface area contributed by atoms with Gasteiger partial charge in [-0.3, -0.25) is 9.69 Å². The summed E-state index contributed by atoms with van der Waals surface area (Å²) in [6.07, 6.45) is 2.11. The van der Waals surface area contributed by atoms with Gasteiger partial charge < -0.3 is 10.0 Å². The number of aliphatic hydroxyl groups excluding tert-OH is 1. The zero-order valence-corrected chi connectivity index (χ0v) is 16.5. The number of hydrogen-bond donors (Lipinski definition) is 1. The molecule has 1 aromatic rings. The fourth-order valence-corrected chi connectivity index (χ4v) is 4.38. The molecule has 1 amide bonds. The van der Waals surface area contributed by atoms with Crippen LogP contribution in [0.3, 0.4) is 0 Å². The average Bonchev–Trinajstić information content (AvgIpc) is 3.27. The molecule has 1 N–H and O–H groups in total. The molecule has 0 radical (unpaired) electrons. The molecule has 0 heterocycles. The number of fused-ring (bicyclic) bond motifs is 1. The van der Waals surface area contributed by atoms with Gasteiger partial charge >= 0.3 is 0 Å². The zero-order valence-electron chi connectivity index (χ0n) is 15.0. The Morgan fingerprint density at radius 3 is 2.60 bits per heavy atom. The molecule has 0 spiro atoms. The van der Waals surface area contributed by atoms with Crippen molar-refractivity contribution >= 4 is 29.1 Å². The molecule has 0 aromatic heterocycles. The maximum absolute atomic E-state index is 12.8. The third-order valence-corrected chi connectivity index (χ3v) is 5.58. The van der Waals surface area contributed by atoms with E-state index in [4.69, 9.17) is 23.2 Å². The van der Waals surface area contributed by atoms with Crippen LogP contribution in [0.1, 0.15) is 43.9 Å². The molecular weight excluding hydrogens is 359 g/mol. The van der Waals surface area contributed by atoms with Crippen LogP contribution in [0.2, 0.25) is 10.0 Å². The highest BCUT2D eigenvalue weighted by atomic mass is 35.5. The second-order valence-corrected chi connectivity index (χ2v) is 8.60. The van der Waals surface area contributed by atoms with Crippen molar-refractivity contribution in [2.45, 2.75) is 51.3 Å². The summed E-state index contributed by atoms with van der Waals surface area (Å²) in [6.45, 7) is 5.34. The molecule has 2 aliphatic carbocycles. The molecule has 1 saturated carbocycles. The Hall–Kier alpha value is -0.810. The second-order valence-electron chi connectivity index (χ2n) is 7.76. The predicted molar refractivity (Wildman–Crippen MR) is 101 cm³/mol. The van der Waals surface area contributed by atoms with Gasteiger partial charge in [-0.05, 0) is 49.1 Å². The van der Waals surface area contributed by atoms with E-state index in [1.807, 2.05) is 22.9 Å². The lowest BCUT2D eigenvalue weighted by Gasteiger charge is -2.31. The van der Waals surface area contributed by atoms with E-state index in [1.54, 1.807) is 6.07 Å². The molecule has 0 saturated heterocycles. The number of aliphatic hydroxyl groups is 1. The maximum Gasteiger partial charge on any atom is 0.237 e. The van der Waals surface area contributed by atoms with Gasteiger partial charge in [0.2, 0.25) is 5.91 Å². The third-order valence-electron chi connectivity index (χ3n) is 5.02. The van der Waals surface area contributed by atoms with Crippen molar-refractivity contribution in [3.05, 3.63) is 33.3 Å². The van der Waals surface area contributed by atoms with Crippen LogP contribution in [-0.4, -0.2) is 53.1 Å². The normalized spacial score (nSPS) is 22.6. The van der Waals surface area contributed by atoms with Crippen LogP contribution in [0, 0.1) is 5.92 Å². The summed E-state index contributed by atoms with van der Waals surface area (Å²) in [5, 5.41) is 11.7. The fourth-order valence-electron chi connectivity index (χ4n) is 3.80. The Kier molecular flexibility index (Phi) is 5.64. The quantitative estimate of drug-likeness (QED) is 0.815.